The Morgan fingerprint density at radius 2 is 1.94 bits per heavy atom. The topological polar surface area (TPSA) is 59.8 Å². The van der Waals surface area contributed by atoms with Crippen LogP contribution < -0.4 is 5.32 Å². The summed E-state index contributed by atoms with van der Waals surface area (Å²) in [5, 5.41) is 9.50. The summed E-state index contributed by atoms with van der Waals surface area (Å²) >= 11 is 7.82. The Labute approximate surface area is 190 Å². The second-order valence-corrected chi connectivity index (χ2v) is 8.90. The summed E-state index contributed by atoms with van der Waals surface area (Å²) in [6, 6.07) is 17.6. The number of hydrogen-bond acceptors (Lipinski definition) is 5. The first kappa shape index (κ1) is 20.1. The molecule has 0 radical (unpaired) electrons. The van der Waals surface area contributed by atoms with Crippen LogP contribution in [0.4, 0.5) is 5.95 Å². The van der Waals surface area contributed by atoms with E-state index in [4.69, 9.17) is 21.7 Å². The summed E-state index contributed by atoms with van der Waals surface area (Å²) in [7, 11) is 0. The lowest BCUT2D eigenvalue weighted by Crippen LogP contribution is -2.30. The van der Waals surface area contributed by atoms with E-state index in [1.54, 1.807) is 0 Å². The van der Waals surface area contributed by atoms with Gasteiger partial charge in [-0.3, -0.25) is 4.79 Å². The molecule has 0 saturated heterocycles. The normalized spacial score (nSPS) is 18.1. The summed E-state index contributed by atoms with van der Waals surface area (Å²) < 4.78 is 1.83. The number of carbonyl (C=O) groups is 1. The van der Waals surface area contributed by atoms with Crippen LogP contribution in [0.5, 0.6) is 0 Å². The second-order valence-electron chi connectivity index (χ2n) is 7.55. The summed E-state index contributed by atoms with van der Waals surface area (Å²) in [5.41, 5.74) is 3.91. The average Bonchev–Trinajstić information content (AvgIpc) is 3.20. The molecule has 5 nitrogen and oxygen atoms in total. The number of allylic oxidation sites excluding steroid dienone is 3. The Kier molecular flexibility index (Phi) is 5.66. The van der Waals surface area contributed by atoms with E-state index in [9.17, 15) is 4.79 Å². The summed E-state index contributed by atoms with van der Waals surface area (Å²) in [6.45, 7) is 0. The van der Waals surface area contributed by atoms with Gasteiger partial charge >= 0.3 is 0 Å². The molecule has 31 heavy (non-hydrogen) atoms. The highest BCUT2D eigenvalue weighted by molar-refractivity contribution is 7.98. The van der Waals surface area contributed by atoms with E-state index in [2.05, 4.69) is 11.4 Å². The van der Waals surface area contributed by atoms with E-state index in [1.807, 2.05) is 65.4 Å². The van der Waals surface area contributed by atoms with Crippen LogP contribution in [-0.4, -0.2) is 20.5 Å². The van der Waals surface area contributed by atoms with Crippen LogP contribution in [0.2, 0.25) is 5.02 Å². The zero-order chi connectivity index (χ0) is 21.2. The van der Waals surface area contributed by atoms with Crippen molar-refractivity contribution in [2.75, 3.05) is 5.32 Å². The van der Waals surface area contributed by atoms with Crippen LogP contribution in [0, 0.1) is 0 Å². The van der Waals surface area contributed by atoms with Crippen molar-refractivity contribution in [1.29, 1.82) is 0 Å². The number of fused-ring (bicyclic) bond motifs is 1. The van der Waals surface area contributed by atoms with Gasteiger partial charge in [0.25, 0.3) is 0 Å². The first-order valence-corrected chi connectivity index (χ1v) is 11.6. The number of anilines is 1. The van der Waals surface area contributed by atoms with Crippen molar-refractivity contribution < 1.29 is 4.79 Å². The molecule has 1 N–H and O–H groups in total. The maximum Gasteiger partial charge on any atom is 0.227 e. The van der Waals surface area contributed by atoms with E-state index in [-0.39, 0.29) is 11.8 Å². The fourth-order valence-electron chi connectivity index (χ4n) is 3.94. The molecule has 1 aromatic heterocycles. The molecule has 1 unspecified atom stereocenters. The lowest BCUT2D eigenvalue weighted by atomic mass is 9.88. The van der Waals surface area contributed by atoms with Crippen molar-refractivity contribution in [2.24, 2.45) is 0 Å². The Balaban J connectivity index is 1.46. The minimum absolute atomic E-state index is 0.183. The maximum absolute atomic E-state index is 12.8. The van der Waals surface area contributed by atoms with Crippen LogP contribution >= 0.6 is 23.4 Å². The molecule has 156 valence electrons. The number of rotatable bonds is 5. The Hall–Kier alpha value is -2.83. The molecule has 2 aliphatic rings. The average molecular weight is 449 g/mol. The second kappa shape index (κ2) is 8.73. The summed E-state index contributed by atoms with van der Waals surface area (Å²) in [5.74, 6) is 1.54. The fraction of sp³-hybridized carbons (Fsp3) is 0.208. The molecule has 0 bridgehead atoms. The molecule has 5 rings (SSSR count). The highest BCUT2D eigenvalue weighted by atomic mass is 35.5. The van der Waals surface area contributed by atoms with Gasteiger partial charge in [0.2, 0.25) is 11.1 Å². The van der Waals surface area contributed by atoms with Gasteiger partial charge in [-0.05, 0) is 30.0 Å². The van der Waals surface area contributed by atoms with Crippen LogP contribution in [0.25, 0.3) is 6.08 Å². The number of thioether (sulfide) groups is 1. The molecule has 3 aromatic rings. The Morgan fingerprint density at radius 3 is 2.77 bits per heavy atom. The number of benzene rings is 2. The van der Waals surface area contributed by atoms with E-state index in [0.29, 0.717) is 23.3 Å². The Morgan fingerprint density at radius 1 is 1.13 bits per heavy atom. The van der Waals surface area contributed by atoms with Gasteiger partial charge in [-0.1, -0.05) is 84.0 Å². The quantitative estimate of drug-likeness (QED) is 0.491. The molecule has 1 aliphatic heterocycles. The molecule has 0 spiro atoms. The number of hydrogen-bond donors (Lipinski definition) is 1. The van der Waals surface area contributed by atoms with Gasteiger partial charge in [0.1, 0.15) is 6.04 Å². The van der Waals surface area contributed by atoms with Crippen molar-refractivity contribution in [3.8, 4) is 0 Å². The van der Waals surface area contributed by atoms with Crippen molar-refractivity contribution in [1.82, 2.24) is 14.8 Å². The third kappa shape index (κ3) is 4.18. The number of Topliss-reactive ketones (excluding diaryl/α,β-unsaturated/α-hetero) is 1. The third-order valence-corrected chi connectivity index (χ3v) is 6.73. The first-order chi connectivity index (χ1) is 15.2. The standard InChI is InChI=1S/C24H21ClN4OS/c25-18-10-5-4-9-17(18)15-31-24-27-23-26-19-11-6-12-21(30)22(19)20(29(23)28-24)14-13-16-7-2-1-3-8-16/h1-5,7-10,13-14,20H,6,11-12,15H2,(H,26,27,28). The molecule has 2 aromatic carbocycles. The summed E-state index contributed by atoms with van der Waals surface area (Å²) in [6.07, 6.45) is 6.39. The van der Waals surface area contributed by atoms with E-state index in [1.165, 1.54) is 11.8 Å². The zero-order valence-corrected chi connectivity index (χ0v) is 18.4. The van der Waals surface area contributed by atoms with Crippen LogP contribution in [-0.2, 0) is 10.5 Å². The molecule has 7 heteroatoms. The van der Waals surface area contributed by atoms with Gasteiger partial charge < -0.3 is 5.32 Å². The van der Waals surface area contributed by atoms with Gasteiger partial charge in [-0.15, -0.1) is 5.10 Å². The molecular formula is C24H21ClN4OS. The van der Waals surface area contributed by atoms with Crippen molar-refractivity contribution in [3.05, 3.63) is 88.1 Å². The zero-order valence-electron chi connectivity index (χ0n) is 16.8. The first-order valence-electron chi connectivity index (χ1n) is 10.3. The number of nitrogens with one attached hydrogen (secondary N) is 1. The maximum atomic E-state index is 12.8. The number of ketones is 1. The van der Waals surface area contributed by atoms with Crippen molar-refractivity contribution in [2.45, 2.75) is 36.2 Å². The molecule has 0 saturated carbocycles. The molecule has 1 atom stereocenters. The highest BCUT2D eigenvalue weighted by Gasteiger charge is 2.34. The van der Waals surface area contributed by atoms with E-state index < -0.39 is 0 Å². The summed E-state index contributed by atoms with van der Waals surface area (Å²) in [4.78, 5) is 17.5. The third-order valence-electron chi connectivity index (χ3n) is 5.48. The van der Waals surface area contributed by atoms with Gasteiger partial charge in [0, 0.05) is 28.5 Å². The molecule has 2 heterocycles. The fourth-order valence-corrected chi connectivity index (χ4v) is 5.05. The van der Waals surface area contributed by atoms with E-state index in [0.717, 1.165) is 40.3 Å². The van der Waals surface area contributed by atoms with Gasteiger partial charge in [0.05, 0.1) is 0 Å². The van der Waals surface area contributed by atoms with Crippen molar-refractivity contribution in [3.63, 3.8) is 0 Å². The highest BCUT2D eigenvalue weighted by Crippen LogP contribution is 2.38. The van der Waals surface area contributed by atoms with Gasteiger partial charge in [0.15, 0.2) is 5.78 Å². The number of nitrogens with zero attached hydrogens (tertiary/aromatic N) is 3. The van der Waals surface area contributed by atoms with Crippen molar-refractivity contribution >= 4 is 41.2 Å². The lowest BCUT2D eigenvalue weighted by molar-refractivity contribution is -0.116. The van der Waals surface area contributed by atoms with Crippen LogP contribution in [0.15, 0.2) is 77.1 Å². The SMILES string of the molecule is O=C1CCCC2=C1C(C=Cc1ccccc1)n1nc(SCc3ccccc3Cl)nc1N2. The van der Waals surface area contributed by atoms with Gasteiger partial charge in [-0.2, -0.15) is 4.98 Å². The molecule has 0 fully saturated rings. The smallest absolute Gasteiger partial charge is 0.227 e. The number of halogens is 1. The molecule has 0 amide bonds. The molecular weight excluding hydrogens is 428 g/mol. The minimum atomic E-state index is -0.263. The molecule has 1 aliphatic carbocycles. The number of carbonyl (C=O) groups excluding carboxylic acids is 1. The lowest BCUT2D eigenvalue weighted by Gasteiger charge is -2.30. The minimum Gasteiger partial charge on any atom is -0.328 e. The Bertz CT molecular complexity index is 1190. The van der Waals surface area contributed by atoms with Crippen LogP contribution in [0.3, 0.4) is 0 Å². The number of aromatic nitrogens is 3. The predicted octanol–water partition coefficient (Wildman–Crippen LogP) is 5.91. The largest absolute Gasteiger partial charge is 0.328 e. The predicted molar refractivity (Wildman–Crippen MR) is 125 cm³/mol. The monoisotopic (exact) mass is 448 g/mol. The van der Waals surface area contributed by atoms with Crippen LogP contribution in [0.1, 0.15) is 36.4 Å². The van der Waals surface area contributed by atoms with Gasteiger partial charge in [-0.25, -0.2) is 4.68 Å². The van der Waals surface area contributed by atoms with E-state index >= 15 is 0 Å².